The normalized spacial score (nSPS) is 22.0. The highest BCUT2D eigenvalue weighted by Gasteiger charge is 2.42. The molecule has 1 aromatic rings. The van der Waals surface area contributed by atoms with Gasteiger partial charge in [0.05, 0.1) is 17.3 Å². The first-order valence-electron chi connectivity index (χ1n) is 10.4. The smallest absolute Gasteiger partial charge is 0.245 e. The largest absolute Gasteiger partial charge is 0.370 e. The molecule has 1 aromatic carbocycles. The predicted molar refractivity (Wildman–Crippen MR) is 107 cm³/mol. The predicted octanol–water partition coefficient (Wildman–Crippen LogP) is 1.83. The van der Waals surface area contributed by atoms with Crippen LogP contribution in [0, 0.1) is 11.7 Å². The van der Waals surface area contributed by atoms with E-state index in [9.17, 15) is 18.8 Å². The lowest BCUT2D eigenvalue weighted by atomic mass is 9.97. The number of benzene rings is 1. The zero-order valence-electron chi connectivity index (χ0n) is 16.7. The highest BCUT2D eigenvalue weighted by atomic mass is 19.1. The average Bonchev–Trinajstić information content (AvgIpc) is 3.32. The van der Waals surface area contributed by atoms with Crippen molar-refractivity contribution >= 4 is 29.1 Å². The third-order valence-corrected chi connectivity index (χ3v) is 6.17. The molecule has 0 unspecified atom stereocenters. The molecule has 0 aliphatic carbocycles. The van der Waals surface area contributed by atoms with Crippen molar-refractivity contribution in [2.75, 3.05) is 42.9 Å². The van der Waals surface area contributed by atoms with Gasteiger partial charge in [0.2, 0.25) is 17.7 Å². The highest BCUT2D eigenvalue weighted by molar-refractivity contribution is 5.98. The summed E-state index contributed by atoms with van der Waals surface area (Å²) in [6.45, 7) is 4.56. The van der Waals surface area contributed by atoms with Crippen LogP contribution >= 0.6 is 0 Å². The summed E-state index contributed by atoms with van der Waals surface area (Å²) in [5, 5.41) is 2.86. The maximum atomic E-state index is 13.8. The van der Waals surface area contributed by atoms with Crippen LogP contribution in [0.15, 0.2) is 18.2 Å². The SMILES string of the molecule is CC(=O)N1CCC[C@@H]1C(=O)N1CC(C(=O)Nc2cc(F)ccc2N2CCCC2)C1. The average molecular weight is 402 g/mol. The van der Waals surface area contributed by atoms with E-state index in [1.54, 1.807) is 15.9 Å². The number of carbonyl (C=O) groups excluding carboxylic acids is 3. The summed E-state index contributed by atoms with van der Waals surface area (Å²) in [6, 6.07) is 4.08. The summed E-state index contributed by atoms with van der Waals surface area (Å²) >= 11 is 0. The van der Waals surface area contributed by atoms with E-state index in [2.05, 4.69) is 10.2 Å². The highest BCUT2D eigenvalue weighted by Crippen LogP contribution is 2.31. The van der Waals surface area contributed by atoms with E-state index in [1.165, 1.54) is 19.1 Å². The van der Waals surface area contributed by atoms with Crippen molar-refractivity contribution in [1.82, 2.24) is 9.80 Å². The van der Waals surface area contributed by atoms with Gasteiger partial charge in [-0.15, -0.1) is 0 Å². The van der Waals surface area contributed by atoms with Crippen molar-refractivity contribution in [2.24, 2.45) is 5.92 Å². The van der Waals surface area contributed by atoms with Gasteiger partial charge in [0.15, 0.2) is 0 Å². The Labute approximate surface area is 169 Å². The Hall–Kier alpha value is -2.64. The first-order chi connectivity index (χ1) is 13.9. The first-order valence-corrected chi connectivity index (χ1v) is 10.4. The molecule has 8 heteroatoms. The lowest BCUT2D eigenvalue weighted by Crippen LogP contribution is -2.59. The lowest BCUT2D eigenvalue weighted by molar-refractivity contribution is -0.149. The maximum Gasteiger partial charge on any atom is 0.245 e. The zero-order valence-corrected chi connectivity index (χ0v) is 16.7. The Bertz CT molecular complexity index is 818. The fraction of sp³-hybridized carbons (Fsp3) is 0.571. The molecule has 0 radical (unpaired) electrons. The van der Waals surface area contributed by atoms with Gasteiger partial charge in [-0.1, -0.05) is 0 Å². The van der Waals surface area contributed by atoms with Crippen molar-refractivity contribution in [2.45, 2.75) is 38.6 Å². The molecule has 4 rings (SSSR count). The van der Waals surface area contributed by atoms with Gasteiger partial charge in [0.25, 0.3) is 0 Å². The van der Waals surface area contributed by atoms with Crippen LogP contribution in [0.3, 0.4) is 0 Å². The number of halogens is 1. The number of anilines is 2. The van der Waals surface area contributed by atoms with Gasteiger partial charge in [0, 0.05) is 39.6 Å². The third kappa shape index (κ3) is 3.93. The summed E-state index contributed by atoms with van der Waals surface area (Å²) in [4.78, 5) is 42.5. The van der Waals surface area contributed by atoms with Crippen molar-refractivity contribution < 1.29 is 18.8 Å². The fourth-order valence-corrected chi connectivity index (χ4v) is 4.51. The molecule has 0 saturated carbocycles. The molecule has 7 nitrogen and oxygen atoms in total. The van der Waals surface area contributed by atoms with E-state index in [0.29, 0.717) is 31.7 Å². The van der Waals surface area contributed by atoms with Crippen LogP contribution in [0.25, 0.3) is 0 Å². The Kier molecular flexibility index (Phi) is 5.43. The Morgan fingerprint density at radius 2 is 1.79 bits per heavy atom. The number of hydrogen-bond donors (Lipinski definition) is 1. The molecule has 1 atom stereocenters. The van der Waals surface area contributed by atoms with Gasteiger partial charge in [-0.2, -0.15) is 0 Å². The van der Waals surface area contributed by atoms with Gasteiger partial charge in [0.1, 0.15) is 11.9 Å². The van der Waals surface area contributed by atoms with Gasteiger partial charge in [-0.25, -0.2) is 4.39 Å². The zero-order chi connectivity index (χ0) is 20.5. The van der Waals surface area contributed by atoms with Crippen LogP contribution < -0.4 is 10.2 Å². The molecule has 29 heavy (non-hydrogen) atoms. The molecule has 1 N–H and O–H groups in total. The molecule has 3 aliphatic rings. The quantitative estimate of drug-likeness (QED) is 0.834. The standard InChI is InChI=1S/C21H27FN4O3/c1-14(27)26-10-4-5-19(26)21(29)25-12-15(13-25)20(28)23-17-11-16(22)6-7-18(17)24-8-2-3-9-24/h6-7,11,15,19H,2-5,8-10,12-13H2,1H3,(H,23,28)/t19-/m1/s1. The Balaban J connectivity index is 1.36. The number of amides is 3. The molecule has 0 spiro atoms. The lowest BCUT2D eigenvalue weighted by Gasteiger charge is -2.40. The molecule has 3 aliphatic heterocycles. The number of carbonyl (C=O) groups is 3. The monoisotopic (exact) mass is 402 g/mol. The fourth-order valence-electron chi connectivity index (χ4n) is 4.51. The molecule has 0 aromatic heterocycles. The molecule has 3 fully saturated rings. The third-order valence-electron chi connectivity index (χ3n) is 6.17. The molecular formula is C21H27FN4O3. The van der Waals surface area contributed by atoms with Crippen LogP contribution in [0.1, 0.15) is 32.6 Å². The van der Waals surface area contributed by atoms with Crippen molar-refractivity contribution in [3.05, 3.63) is 24.0 Å². The van der Waals surface area contributed by atoms with E-state index in [-0.39, 0.29) is 29.5 Å². The van der Waals surface area contributed by atoms with Crippen LogP contribution in [0.2, 0.25) is 0 Å². The number of likely N-dealkylation sites (tertiary alicyclic amines) is 2. The number of rotatable bonds is 4. The second-order valence-electron chi connectivity index (χ2n) is 8.16. The maximum absolute atomic E-state index is 13.8. The van der Waals surface area contributed by atoms with E-state index >= 15 is 0 Å². The Morgan fingerprint density at radius 1 is 1.07 bits per heavy atom. The van der Waals surface area contributed by atoms with Crippen molar-refractivity contribution in [3.63, 3.8) is 0 Å². The van der Waals surface area contributed by atoms with Crippen LogP contribution in [-0.4, -0.2) is 66.3 Å². The van der Waals surface area contributed by atoms with Gasteiger partial charge in [-0.05, 0) is 43.9 Å². The molecule has 3 amide bonds. The Morgan fingerprint density at radius 3 is 2.48 bits per heavy atom. The van der Waals surface area contributed by atoms with Crippen LogP contribution in [-0.2, 0) is 14.4 Å². The summed E-state index contributed by atoms with van der Waals surface area (Å²) < 4.78 is 13.8. The molecular weight excluding hydrogens is 375 g/mol. The number of nitrogens with one attached hydrogen (secondary N) is 1. The van der Waals surface area contributed by atoms with Gasteiger partial charge < -0.3 is 20.0 Å². The second-order valence-corrected chi connectivity index (χ2v) is 8.16. The van der Waals surface area contributed by atoms with Crippen LogP contribution in [0.4, 0.5) is 15.8 Å². The molecule has 3 heterocycles. The van der Waals surface area contributed by atoms with E-state index in [4.69, 9.17) is 0 Å². The number of hydrogen-bond acceptors (Lipinski definition) is 4. The summed E-state index contributed by atoms with van der Waals surface area (Å²) in [7, 11) is 0. The van der Waals surface area contributed by atoms with Crippen LogP contribution in [0.5, 0.6) is 0 Å². The minimum Gasteiger partial charge on any atom is -0.370 e. The minimum absolute atomic E-state index is 0.0785. The first kappa shape index (κ1) is 19.7. The van der Waals surface area contributed by atoms with E-state index < -0.39 is 6.04 Å². The van der Waals surface area contributed by atoms with E-state index in [1.807, 2.05) is 0 Å². The summed E-state index contributed by atoms with van der Waals surface area (Å²) in [6.07, 6.45) is 3.67. The number of nitrogens with zero attached hydrogens (tertiary/aromatic N) is 3. The summed E-state index contributed by atoms with van der Waals surface area (Å²) in [5.74, 6) is -1.07. The van der Waals surface area contributed by atoms with Gasteiger partial charge in [-0.3, -0.25) is 14.4 Å². The second kappa shape index (κ2) is 8.00. The minimum atomic E-state index is -0.401. The molecule has 0 bridgehead atoms. The molecule has 156 valence electrons. The van der Waals surface area contributed by atoms with Crippen molar-refractivity contribution in [3.8, 4) is 0 Å². The van der Waals surface area contributed by atoms with Crippen molar-refractivity contribution in [1.29, 1.82) is 0 Å². The van der Waals surface area contributed by atoms with Gasteiger partial charge >= 0.3 is 0 Å². The molecule has 3 saturated heterocycles. The van der Waals surface area contributed by atoms with E-state index in [0.717, 1.165) is 38.0 Å². The summed E-state index contributed by atoms with van der Waals surface area (Å²) in [5.41, 5.74) is 1.33. The topological polar surface area (TPSA) is 73.0 Å².